The Kier molecular flexibility index (Phi) is 8.79. The fraction of sp³-hybridized carbons (Fsp3) is 0.840. The minimum Gasteiger partial charge on any atom is -0.392 e. The monoisotopic (exact) mass is 404 g/mol. The Hall–Kier alpha value is -0.680. The number of hydrogen-bond donors (Lipinski definition) is 3. The molecular weight excluding hydrogens is 360 g/mol. The van der Waals surface area contributed by atoms with Crippen molar-refractivity contribution in [2.45, 2.75) is 83.3 Å². The first-order valence-electron chi connectivity index (χ1n) is 12.2. The summed E-state index contributed by atoms with van der Waals surface area (Å²) in [7, 11) is 0. The standard InChI is InChI=1S/C25H44N2O2/c1-3-4-10-25(2,29)11-7-9-22-23-17-20(16-21(23)18-24(22)28)19-26-12-8-15-27-13-5-6-14-27/h7,9,16,21-24,26,28-29H,3-6,8,10-15,17-19H2,1-2H3/b9-7+/t21-,22+,23-,24+,25-/m0/s1. The summed E-state index contributed by atoms with van der Waals surface area (Å²) < 4.78 is 0. The molecule has 1 aliphatic heterocycles. The van der Waals surface area contributed by atoms with Crippen molar-refractivity contribution < 1.29 is 10.2 Å². The van der Waals surface area contributed by atoms with Gasteiger partial charge in [-0.3, -0.25) is 0 Å². The minimum absolute atomic E-state index is 0.229. The van der Waals surface area contributed by atoms with Crippen LogP contribution in [0.1, 0.15) is 71.6 Å². The molecule has 3 rings (SSSR count). The molecule has 166 valence electrons. The molecule has 1 heterocycles. The van der Waals surface area contributed by atoms with E-state index in [1.165, 1.54) is 44.5 Å². The molecule has 0 aromatic rings. The summed E-state index contributed by atoms with van der Waals surface area (Å²) in [4.78, 5) is 2.58. The topological polar surface area (TPSA) is 55.7 Å². The highest BCUT2D eigenvalue weighted by atomic mass is 16.3. The molecule has 0 spiro atoms. The second-order valence-corrected chi connectivity index (χ2v) is 10.0. The van der Waals surface area contributed by atoms with Crippen LogP contribution in [-0.2, 0) is 0 Å². The molecule has 0 unspecified atom stereocenters. The van der Waals surface area contributed by atoms with Crippen LogP contribution in [0.3, 0.4) is 0 Å². The Morgan fingerprint density at radius 2 is 2.07 bits per heavy atom. The van der Waals surface area contributed by atoms with Crippen LogP contribution in [0.4, 0.5) is 0 Å². The highest BCUT2D eigenvalue weighted by Gasteiger charge is 2.43. The molecule has 4 heteroatoms. The van der Waals surface area contributed by atoms with Crippen molar-refractivity contribution in [2.24, 2.45) is 17.8 Å². The number of hydrogen-bond acceptors (Lipinski definition) is 4. The van der Waals surface area contributed by atoms with E-state index in [0.717, 1.165) is 45.2 Å². The summed E-state index contributed by atoms with van der Waals surface area (Å²) in [5, 5.41) is 24.7. The number of allylic oxidation sites excluding steroid dienone is 1. The second kappa shape index (κ2) is 11.1. The van der Waals surface area contributed by atoms with Gasteiger partial charge < -0.3 is 20.4 Å². The number of likely N-dealkylation sites (tertiary alicyclic amines) is 1. The van der Waals surface area contributed by atoms with Crippen LogP contribution in [-0.4, -0.2) is 59.5 Å². The molecule has 0 aromatic heterocycles. The largest absolute Gasteiger partial charge is 0.392 e. The van der Waals surface area contributed by atoms with E-state index in [9.17, 15) is 10.2 Å². The van der Waals surface area contributed by atoms with Gasteiger partial charge in [0.15, 0.2) is 0 Å². The van der Waals surface area contributed by atoms with E-state index < -0.39 is 5.60 Å². The van der Waals surface area contributed by atoms with Gasteiger partial charge in [-0.1, -0.05) is 43.6 Å². The van der Waals surface area contributed by atoms with Crippen LogP contribution in [0.5, 0.6) is 0 Å². The van der Waals surface area contributed by atoms with E-state index in [2.05, 4.69) is 35.4 Å². The molecule has 3 aliphatic rings. The lowest BCUT2D eigenvalue weighted by Gasteiger charge is -2.22. The fourth-order valence-corrected chi connectivity index (χ4v) is 5.56. The highest BCUT2D eigenvalue weighted by Crippen LogP contribution is 2.47. The highest BCUT2D eigenvalue weighted by molar-refractivity contribution is 5.21. The SMILES string of the molecule is CCCC[C@](C)(O)C/C=C/[C@@H]1[C@H]2CC(CNCCCN3CCCC3)=C[C@H]2C[C@H]1O. The number of rotatable bonds is 12. The first kappa shape index (κ1) is 23.0. The maximum absolute atomic E-state index is 10.5. The molecule has 0 bridgehead atoms. The zero-order valence-corrected chi connectivity index (χ0v) is 18.8. The zero-order chi connectivity index (χ0) is 20.7. The molecule has 5 atom stereocenters. The molecule has 2 fully saturated rings. The van der Waals surface area contributed by atoms with Crippen molar-refractivity contribution in [2.75, 3.05) is 32.7 Å². The molecule has 0 amide bonds. The maximum Gasteiger partial charge on any atom is 0.0654 e. The van der Waals surface area contributed by atoms with Crippen molar-refractivity contribution in [3.63, 3.8) is 0 Å². The first-order valence-corrected chi connectivity index (χ1v) is 12.2. The number of unbranched alkanes of at least 4 members (excludes halogenated alkanes) is 1. The predicted octanol–water partition coefficient (Wildman–Crippen LogP) is 3.89. The molecule has 1 saturated heterocycles. The number of nitrogens with zero attached hydrogens (tertiary/aromatic N) is 1. The predicted molar refractivity (Wildman–Crippen MR) is 121 cm³/mol. The van der Waals surface area contributed by atoms with Gasteiger partial charge in [-0.05, 0) is 89.9 Å². The normalized spacial score (nSPS) is 32.1. The Bertz CT molecular complexity index is 551. The number of aliphatic hydroxyl groups is 2. The molecule has 1 saturated carbocycles. The van der Waals surface area contributed by atoms with Gasteiger partial charge in [-0.25, -0.2) is 0 Å². The summed E-state index contributed by atoms with van der Waals surface area (Å²) in [5.74, 6) is 1.32. The fourth-order valence-electron chi connectivity index (χ4n) is 5.56. The first-order chi connectivity index (χ1) is 14.0. The van der Waals surface area contributed by atoms with Crippen molar-refractivity contribution in [3.05, 3.63) is 23.8 Å². The van der Waals surface area contributed by atoms with Crippen LogP contribution in [0.25, 0.3) is 0 Å². The van der Waals surface area contributed by atoms with E-state index >= 15 is 0 Å². The lowest BCUT2D eigenvalue weighted by atomic mass is 9.88. The average Bonchev–Trinajstić information content (AvgIpc) is 3.38. The van der Waals surface area contributed by atoms with E-state index in [0.29, 0.717) is 18.3 Å². The molecule has 29 heavy (non-hydrogen) atoms. The lowest BCUT2D eigenvalue weighted by Crippen LogP contribution is -2.26. The van der Waals surface area contributed by atoms with Crippen LogP contribution in [0, 0.1) is 17.8 Å². The molecular formula is C25H44N2O2. The van der Waals surface area contributed by atoms with E-state index in [-0.39, 0.29) is 12.0 Å². The Morgan fingerprint density at radius 3 is 2.83 bits per heavy atom. The van der Waals surface area contributed by atoms with E-state index in [1.807, 2.05) is 6.92 Å². The van der Waals surface area contributed by atoms with Crippen LogP contribution < -0.4 is 5.32 Å². The van der Waals surface area contributed by atoms with Crippen LogP contribution >= 0.6 is 0 Å². The van der Waals surface area contributed by atoms with Gasteiger partial charge in [0, 0.05) is 12.5 Å². The number of nitrogens with one attached hydrogen (secondary N) is 1. The molecule has 4 nitrogen and oxygen atoms in total. The second-order valence-electron chi connectivity index (χ2n) is 10.0. The Balaban J connectivity index is 1.37. The summed E-state index contributed by atoms with van der Waals surface area (Å²) in [6.07, 6.45) is 16.3. The molecule has 3 N–H and O–H groups in total. The van der Waals surface area contributed by atoms with Crippen molar-refractivity contribution >= 4 is 0 Å². The summed E-state index contributed by atoms with van der Waals surface area (Å²) in [6.45, 7) is 10.0. The van der Waals surface area contributed by atoms with Gasteiger partial charge in [-0.2, -0.15) is 0 Å². The van der Waals surface area contributed by atoms with Gasteiger partial charge >= 0.3 is 0 Å². The van der Waals surface area contributed by atoms with E-state index in [4.69, 9.17) is 0 Å². The maximum atomic E-state index is 10.5. The quantitative estimate of drug-likeness (QED) is 0.341. The average molecular weight is 405 g/mol. The minimum atomic E-state index is -0.618. The van der Waals surface area contributed by atoms with Gasteiger partial charge in [-0.15, -0.1) is 0 Å². The Labute approximate surface area is 178 Å². The van der Waals surface area contributed by atoms with Gasteiger partial charge in [0.1, 0.15) is 0 Å². The van der Waals surface area contributed by atoms with Crippen molar-refractivity contribution in [1.82, 2.24) is 10.2 Å². The Morgan fingerprint density at radius 1 is 1.28 bits per heavy atom. The third-order valence-corrected chi connectivity index (χ3v) is 7.31. The molecule has 0 aromatic carbocycles. The zero-order valence-electron chi connectivity index (χ0n) is 18.8. The van der Waals surface area contributed by atoms with Crippen molar-refractivity contribution in [1.29, 1.82) is 0 Å². The van der Waals surface area contributed by atoms with Gasteiger partial charge in [0.2, 0.25) is 0 Å². The summed E-state index contributed by atoms with van der Waals surface area (Å²) in [5.41, 5.74) is 0.912. The third-order valence-electron chi connectivity index (χ3n) is 7.31. The van der Waals surface area contributed by atoms with Crippen molar-refractivity contribution in [3.8, 4) is 0 Å². The summed E-state index contributed by atoms with van der Waals surface area (Å²) in [6, 6.07) is 0. The smallest absolute Gasteiger partial charge is 0.0654 e. The lowest BCUT2D eigenvalue weighted by molar-refractivity contribution is 0.0513. The summed E-state index contributed by atoms with van der Waals surface area (Å²) >= 11 is 0. The van der Waals surface area contributed by atoms with E-state index in [1.54, 1.807) is 0 Å². The van der Waals surface area contributed by atoms with Gasteiger partial charge in [0.25, 0.3) is 0 Å². The third kappa shape index (κ3) is 6.92. The van der Waals surface area contributed by atoms with Crippen LogP contribution in [0.15, 0.2) is 23.8 Å². The molecule has 2 aliphatic carbocycles. The van der Waals surface area contributed by atoms with Gasteiger partial charge in [0.05, 0.1) is 11.7 Å². The number of fused-ring (bicyclic) bond motifs is 1. The van der Waals surface area contributed by atoms with Crippen LogP contribution in [0.2, 0.25) is 0 Å². The molecule has 0 radical (unpaired) electrons. The number of aliphatic hydroxyl groups excluding tert-OH is 1.